The molecule has 1 aliphatic rings. The number of aromatic nitrogens is 1. The Labute approximate surface area is 300 Å². The van der Waals surface area contributed by atoms with Crippen LogP contribution < -0.4 is 27.5 Å². The zero-order valence-corrected chi connectivity index (χ0v) is 29.5. The Hall–Kier alpha value is -4.19. The van der Waals surface area contributed by atoms with E-state index in [-0.39, 0.29) is 23.8 Å². The molecule has 0 spiro atoms. The van der Waals surface area contributed by atoms with E-state index in [9.17, 15) is 4.79 Å². The predicted molar refractivity (Wildman–Crippen MR) is 201 cm³/mol. The maximum absolute atomic E-state index is 13.3. The molecule has 0 radical (unpaired) electrons. The molecule has 0 fully saturated rings. The molecular weight excluding hydrogens is 679 g/mol. The average Bonchev–Trinajstić information content (AvgIpc) is 3.66. The molecule has 0 aliphatic carbocycles. The van der Waals surface area contributed by atoms with E-state index in [1.165, 1.54) is 21.7 Å². The summed E-state index contributed by atoms with van der Waals surface area (Å²) in [6, 6.07) is 27.1. The molecule has 4 aromatic carbocycles. The lowest BCUT2D eigenvalue weighted by molar-refractivity contribution is 0.0473. The first-order chi connectivity index (χ1) is 23.8. The normalized spacial score (nSPS) is 13.3. The number of rotatable bonds is 13. The number of esters is 1. The van der Waals surface area contributed by atoms with Crippen molar-refractivity contribution < 1.29 is 14.3 Å². The topological polar surface area (TPSA) is 154 Å². The lowest BCUT2D eigenvalue weighted by atomic mass is 9.99. The van der Waals surface area contributed by atoms with Crippen molar-refractivity contribution in [3.05, 3.63) is 123 Å². The minimum atomic E-state index is -0.386. The first-order valence-electron chi connectivity index (χ1n) is 15.8. The third-order valence-corrected chi connectivity index (χ3v) is 10.2. The van der Waals surface area contributed by atoms with E-state index < -0.39 is 0 Å². The van der Waals surface area contributed by atoms with E-state index in [2.05, 4.69) is 39.8 Å². The third-order valence-electron chi connectivity index (χ3n) is 8.40. The highest BCUT2D eigenvalue weighted by Gasteiger charge is 2.25. The number of nitrogens with zero attached hydrogens (tertiary/aromatic N) is 1. The minimum absolute atomic E-state index is 0.139. The second-order valence-corrected chi connectivity index (χ2v) is 13.7. The Morgan fingerprint density at radius 1 is 0.918 bits per heavy atom. The standard InChI is InChI=1S/C37H36Cl2N4O3S.H4N2/c1-45-28-12-16-34-31(21-28)42-36(47-34)17-15-32-29(13-6-23-2-8-26(38)9-3-23)30-20-25(7-14-33(30)43(32)19-18-35(40)41)37(44)46-22-24-4-10-27(39)11-5-24;1-2/h2-5,7-12,14,16,20-21,36,42H,6,13,15,17-19,22H2,1H3,(H3,40,41);1-2H2. The molecule has 6 rings (SSSR count). The number of amidine groups is 1. The van der Waals surface area contributed by atoms with Crippen LogP contribution in [0.4, 0.5) is 5.69 Å². The number of carbonyl (C=O) groups excluding carboxylic acids is 1. The van der Waals surface area contributed by atoms with Gasteiger partial charge < -0.3 is 25.1 Å². The van der Waals surface area contributed by atoms with Gasteiger partial charge in [-0.3, -0.25) is 17.1 Å². The highest BCUT2D eigenvalue weighted by Crippen LogP contribution is 2.42. The fourth-order valence-electron chi connectivity index (χ4n) is 6.00. The van der Waals surface area contributed by atoms with Crippen LogP contribution in [-0.2, 0) is 37.2 Å². The fourth-order valence-corrected chi connectivity index (χ4v) is 7.37. The van der Waals surface area contributed by atoms with Gasteiger partial charge in [-0.15, -0.1) is 0 Å². The molecule has 1 atom stereocenters. The fraction of sp³-hybridized carbons (Fsp3) is 0.243. The number of halogens is 2. The quantitative estimate of drug-likeness (QED) is 0.0273. The molecule has 2 heterocycles. The summed E-state index contributed by atoms with van der Waals surface area (Å²) in [7, 11) is 1.68. The summed E-state index contributed by atoms with van der Waals surface area (Å²) >= 11 is 14.0. The van der Waals surface area contributed by atoms with Gasteiger partial charge in [-0.25, -0.2) is 4.79 Å². The van der Waals surface area contributed by atoms with Crippen LogP contribution in [0.25, 0.3) is 10.9 Å². The Bertz CT molecular complexity index is 1910. The van der Waals surface area contributed by atoms with Crippen LogP contribution in [0.1, 0.15) is 45.6 Å². The second-order valence-electron chi connectivity index (χ2n) is 11.6. The molecule has 1 aliphatic heterocycles. The van der Waals surface area contributed by atoms with Gasteiger partial charge in [0.2, 0.25) is 0 Å². The van der Waals surface area contributed by atoms with Gasteiger partial charge in [-0.1, -0.05) is 59.2 Å². The number of hydrazine groups is 1. The van der Waals surface area contributed by atoms with Gasteiger partial charge in [0.15, 0.2) is 0 Å². The van der Waals surface area contributed by atoms with Gasteiger partial charge in [0.25, 0.3) is 0 Å². The maximum atomic E-state index is 13.3. The molecule has 8 N–H and O–H groups in total. The van der Waals surface area contributed by atoms with Crippen LogP contribution in [-0.4, -0.2) is 28.9 Å². The summed E-state index contributed by atoms with van der Waals surface area (Å²) in [4.78, 5) is 14.5. The van der Waals surface area contributed by atoms with Crippen LogP contribution in [0.5, 0.6) is 5.75 Å². The molecule has 0 saturated carbocycles. The molecule has 9 nitrogen and oxygen atoms in total. The number of nitrogens with one attached hydrogen (secondary N) is 2. The molecule has 0 bridgehead atoms. The number of fused-ring (bicyclic) bond motifs is 2. The Morgan fingerprint density at radius 3 is 2.29 bits per heavy atom. The van der Waals surface area contributed by atoms with E-state index in [1.807, 2.05) is 66.4 Å². The number of carbonyl (C=O) groups is 1. The number of benzene rings is 4. The van der Waals surface area contributed by atoms with Crippen molar-refractivity contribution in [2.45, 2.75) is 55.5 Å². The van der Waals surface area contributed by atoms with Crippen LogP contribution in [0.15, 0.2) is 89.8 Å². The Balaban J connectivity index is 0.00000230. The van der Waals surface area contributed by atoms with E-state index in [0.29, 0.717) is 28.6 Å². The van der Waals surface area contributed by atoms with Crippen LogP contribution in [0, 0.1) is 5.41 Å². The smallest absolute Gasteiger partial charge is 0.338 e. The molecule has 256 valence electrons. The summed E-state index contributed by atoms with van der Waals surface area (Å²) in [5.74, 6) is 8.58. The summed E-state index contributed by atoms with van der Waals surface area (Å²) in [5.41, 5.74) is 12.9. The highest BCUT2D eigenvalue weighted by atomic mass is 35.5. The van der Waals surface area contributed by atoms with Gasteiger partial charge in [-0.05, 0) is 97.0 Å². The number of hydrogen-bond donors (Lipinski definition) is 5. The van der Waals surface area contributed by atoms with E-state index in [4.69, 9.17) is 43.8 Å². The minimum Gasteiger partial charge on any atom is -0.497 e. The summed E-state index contributed by atoms with van der Waals surface area (Å²) in [6.45, 7) is 0.730. The second kappa shape index (κ2) is 17.0. The first kappa shape index (κ1) is 36.1. The number of aryl methyl sites for hydroxylation is 3. The summed E-state index contributed by atoms with van der Waals surface area (Å²) in [6.07, 6.45) is 3.69. The Morgan fingerprint density at radius 2 is 1.61 bits per heavy atom. The van der Waals surface area contributed by atoms with Crippen molar-refractivity contribution in [3.63, 3.8) is 0 Å². The van der Waals surface area contributed by atoms with E-state index in [1.54, 1.807) is 19.2 Å². The number of hydrogen-bond acceptors (Lipinski definition) is 8. The zero-order valence-electron chi connectivity index (χ0n) is 27.2. The molecule has 0 amide bonds. The number of nitrogens with two attached hydrogens (primary N) is 3. The van der Waals surface area contributed by atoms with Crippen molar-refractivity contribution in [2.24, 2.45) is 17.4 Å². The van der Waals surface area contributed by atoms with E-state index in [0.717, 1.165) is 53.6 Å². The lowest BCUT2D eigenvalue weighted by Crippen LogP contribution is -2.16. The van der Waals surface area contributed by atoms with Gasteiger partial charge in [0, 0.05) is 50.6 Å². The monoisotopic (exact) mass is 718 g/mol. The van der Waals surface area contributed by atoms with Crippen molar-refractivity contribution in [3.8, 4) is 5.75 Å². The molecular formula is C37H40Cl2N6O3S. The largest absolute Gasteiger partial charge is 0.497 e. The Kier molecular flexibility index (Phi) is 12.5. The van der Waals surface area contributed by atoms with Gasteiger partial charge >= 0.3 is 5.97 Å². The molecule has 12 heteroatoms. The number of anilines is 1. The summed E-state index contributed by atoms with van der Waals surface area (Å²) < 4.78 is 13.4. The molecule has 1 unspecified atom stereocenters. The molecule has 49 heavy (non-hydrogen) atoms. The van der Waals surface area contributed by atoms with Crippen molar-refractivity contribution in [1.29, 1.82) is 5.41 Å². The average molecular weight is 720 g/mol. The molecule has 1 aromatic heterocycles. The number of methoxy groups -OCH3 is 1. The van der Waals surface area contributed by atoms with Gasteiger partial charge in [-0.2, -0.15) is 0 Å². The molecule has 5 aromatic rings. The van der Waals surface area contributed by atoms with Crippen LogP contribution >= 0.6 is 35.0 Å². The van der Waals surface area contributed by atoms with Crippen LogP contribution in [0.2, 0.25) is 10.0 Å². The highest BCUT2D eigenvalue weighted by molar-refractivity contribution is 8.00. The van der Waals surface area contributed by atoms with Crippen molar-refractivity contribution >= 4 is 63.4 Å². The third kappa shape index (κ3) is 9.09. The van der Waals surface area contributed by atoms with Crippen LogP contribution in [0.3, 0.4) is 0 Å². The molecule has 0 saturated heterocycles. The van der Waals surface area contributed by atoms with Crippen molar-refractivity contribution in [2.75, 3.05) is 12.4 Å². The van der Waals surface area contributed by atoms with Crippen molar-refractivity contribution in [1.82, 2.24) is 4.57 Å². The predicted octanol–water partition coefficient (Wildman–Crippen LogP) is 7.72. The van der Waals surface area contributed by atoms with Gasteiger partial charge in [0.05, 0.1) is 29.6 Å². The lowest BCUT2D eigenvalue weighted by Gasteiger charge is -2.15. The first-order valence-corrected chi connectivity index (χ1v) is 17.5. The summed E-state index contributed by atoms with van der Waals surface area (Å²) in [5, 5.41) is 14.2. The van der Waals surface area contributed by atoms with E-state index >= 15 is 0 Å². The number of ether oxygens (including phenoxy) is 2. The SMILES string of the molecule is COc1ccc2c(c1)NC(CCc1c(CCc3ccc(Cl)cc3)c3cc(C(=O)OCc4ccc(Cl)cc4)ccc3n1CCC(=N)N)S2.NN. The maximum Gasteiger partial charge on any atom is 0.338 e. The number of thioether (sulfide) groups is 1. The zero-order chi connectivity index (χ0) is 34.9. The van der Waals surface area contributed by atoms with Gasteiger partial charge in [0.1, 0.15) is 12.4 Å².